The Hall–Kier alpha value is -3.88. The molecule has 32 heavy (non-hydrogen) atoms. The molecule has 160 valence electrons. The Morgan fingerprint density at radius 1 is 1.03 bits per heavy atom. The van der Waals surface area contributed by atoms with Gasteiger partial charge in [-0.05, 0) is 24.3 Å². The molecule has 5 rings (SSSR count). The van der Waals surface area contributed by atoms with Crippen LogP contribution in [0.5, 0.6) is 0 Å². The lowest BCUT2D eigenvalue weighted by Crippen LogP contribution is -2.48. The van der Waals surface area contributed by atoms with Crippen LogP contribution in [-0.4, -0.2) is 63.8 Å². The lowest BCUT2D eigenvalue weighted by molar-refractivity contribution is 0.383. The average Bonchev–Trinajstić information content (AvgIpc) is 3.28. The zero-order valence-electron chi connectivity index (χ0n) is 16.9. The fourth-order valence-corrected chi connectivity index (χ4v) is 5.18. The number of piperazine rings is 1. The van der Waals surface area contributed by atoms with Gasteiger partial charge in [-0.3, -0.25) is 4.98 Å². The van der Waals surface area contributed by atoms with Gasteiger partial charge in [-0.25, -0.2) is 23.4 Å². The maximum absolute atomic E-state index is 12.8. The van der Waals surface area contributed by atoms with E-state index in [2.05, 4.69) is 31.0 Å². The van der Waals surface area contributed by atoms with E-state index in [4.69, 9.17) is 0 Å². The molecule has 1 saturated heterocycles. The number of rotatable bonds is 4. The minimum absolute atomic E-state index is 0.202. The van der Waals surface area contributed by atoms with Crippen molar-refractivity contribution in [3.8, 4) is 17.3 Å². The second kappa shape index (κ2) is 7.99. The summed E-state index contributed by atoms with van der Waals surface area (Å²) in [5.74, 6) is 0.757. The molecule has 4 aromatic heterocycles. The van der Waals surface area contributed by atoms with Crippen LogP contribution in [0.15, 0.2) is 60.3 Å². The quantitative estimate of drug-likeness (QED) is 0.502. The van der Waals surface area contributed by atoms with Crippen molar-refractivity contribution in [2.45, 2.75) is 4.90 Å². The van der Waals surface area contributed by atoms with Crippen molar-refractivity contribution in [3.63, 3.8) is 0 Å². The molecule has 0 amide bonds. The number of nitriles is 1. The zero-order chi connectivity index (χ0) is 22.1. The van der Waals surface area contributed by atoms with Crippen LogP contribution in [0.1, 0.15) is 5.56 Å². The number of H-pyrrole nitrogens is 1. The van der Waals surface area contributed by atoms with E-state index in [0.29, 0.717) is 48.5 Å². The Kier molecular flexibility index (Phi) is 5.01. The third kappa shape index (κ3) is 3.45. The Labute approximate surface area is 184 Å². The molecule has 0 aromatic carbocycles. The normalized spacial score (nSPS) is 15.0. The molecule has 0 radical (unpaired) electrons. The van der Waals surface area contributed by atoms with Crippen molar-refractivity contribution < 1.29 is 8.42 Å². The third-order valence-corrected chi connectivity index (χ3v) is 7.33. The average molecular weight is 446 g/mol. The Morgan fingerprint density at radius 2 is 1.88 bits per heavy atom. The molecule has 10 nitrogen and oxygen atoms in total. The number of nitrogens with one attached hydrogen (secondary N) is 1. The van der Waals surface area contributed by atoms with Crippen LogP contribution in [-0.2, 0) is 10.0 Å². The van der Waals surface area contributed by atoms with Crippen LogP contribution in [0.3, 0.4) is 0 Å². The van der Waals surface area contributed by atoms with Crippen LogP contribution in [0.2, 0.25) is 0 Å². The van der Waals surface area contributed by atoms with E-state index in [0.717, 1.165) is 11.4 Å². The van der Waals surface area contributed by atoms with Gasteiger partial charge in [0.05, 0.1) is 16.6 Å². The Balaban J connectivity index is 1.33. The molecule has 1 fully saturated rings. The van der Waals surface area contributed by atoms with Gasteiger partial charge in [-0.1, -0.05) is 0 Å². The van der Waals surface area contributed by atoms with E-state index < -0.39 is 10.0 Å². The Morgan fingerprint density at radius 3 is 2.56 bits per heavy atom. The predicted octanol–water partition coefficient (Wildman–Crippen LogP) is 1.80. The second-order valence-corrected chi connectivity index (χ2v) is 9.18. The van der Waals surface area contributed by atoms with E-state index in [1.54, 1.807) is 30.7 Å². The zero-order valence-corrected chi connectivity index (χ0v) is 17.7. The fourth-order valence-electron chi connectivity index (χ4n) is 3.79. The summed E-state index contributed by atoms with van der Waals surface area (Å²) >= 11 is 0. The summed E-state index contributed by atoms with van der Waals surface area (Å²) in [7, 11) is -3.55. The summed E-state index contributed by atoms with van der Waals surface area (Å²) in [5, 5.41) is 10.0. The number of sulfonamides is 1. The van der Waals surface area contributed by atoms with Crippen LogP contribution >= 0.6 is 0 Å². The van der Waals surface area contributed by atoms with Gasteiger partial charge in [-0.2, -0.15) is 9.57 Å². The molecule has 0 saturated carbocycles. The van der Waals surface area contributed by atoms with Gasteiger partial charge in [0.2, 0.25) is 10.0 Å². The lowest BCUT2D eigenvalue weighted by atomic mass is 10.1. The predicted molar refractivity (Wildman–Crippen MR) is 117 cm³/mol. The highest BCUT2D eigenvalue weighted by Crippen LogP contribution is 2.28. The molecule has 4 aromatic rings. The van der Waals surface area contributed by atoms with Crippen LogP contribution < -0.4 is 4.90 Å². The molecule has 5 heterocycles. The maximum Gasteiger partial charge on any atom is 0.244 e. The van der Waals surface area contributed by atoms with Gasteiger partial charge in [0, 0.05) is 56.5 Å². The van der Waals surface area contributed by atoms with Crippen molar-refractivity contribution in [2.24, 2.45) is 0 Å². The fraction of sp³-hybridized carbons (Fsp3) is 0.190. The maximum atomic E-state index is 12.8. The first-order chi connectivity index (χ1) is 15.6. The van der Waals surface area contributed by atoms with Gasteiger partial charge in [0.25, 0.3) is 0 Å². The minimum atomic E-state index is -3.55. The van der Waals surface area contributed by atoms with E-state index in [-0.39, 0.29) is 4.90 Å². The lowest BCUT2D eigenvalue weighted by Gasteiger charge is -2.34. The molecule has 0 spiro atoms. The molecule has 0 unspecified atom stereocenters. The highest BCUT2D eigenvalue weighted by atomic mass is 32.2. The molecule has 1 aliphatic heterocycles. The number of nitrogens with zero attached hydrogens (tertiary/aromatic N) is 7. The first-order valence-electron chi connectivity index (χ1n) is 9.91. The number of hydrogen-bond acceptors (Lipinski definition) is 8. The van der Waals surface area contributed by atoms with E-state index in [9.17, 15) is 13.7 Å². The minimum Gasteiger partial charge on any atom is -0.354 e. The molecule has 11 heteroatoms. The molecule has 0 atom stereocenters. The van der Waals surface area contributed by atoms with E-state index in [1.807, 2.05) is 17.0 Å². The monoisotopic (exact) mass is 446 g/mol. The second-order valence-electron chi connectivity index (χ2n) is 7.24. The number of aromatic amines is 1. The smallest absolute Gasteiger partial charge is 0.244 e. The number of anilines is 1. The largest absolute Gasteiger partial charge is 0.354 e. The molecule has 0 aliphatic carbocycles. The number of aromatic nitrogens is 5. The van der Waals surface area contributed by atoms with Crippen LogP contribution in [0.25, 0.3) is 22.3 Å². The Bertz CT molecular complexity index is 1400. The van der Waals surface area contributed by atoms with E-state index >= 15 is 0 Å². The summed E-state index contributed by atoms with van der Waals surface area (Å²) in [5.41, 5.74) is 2.49. The van der Waals surface area contributed by atoms with E-state index in [1.165, 1.54) is 16.8 Å². The van der Waals surface area contributed by atoms with Crippen molar-refractivity contribution in [3.05, 3.63) is 60.9 Å². The van der Waals surface area contributed by atoms with Gasteiger partial charge in [0.1, 0.15) is 28.8 Å². The highest BCUT2D eigenvalue weighted by Gasteiger charge is 2.29. The van der Waals surface area contributed by atoms with Crippen molar-refractivity contribution in [2.75, 3.05) is 31.1 Å². The van der Waals surface area contributed by atoms with Gasteiger partial charge >= 0.3 is 0 Å². The summed E-state index contributed by atoms with van der Waals surface area (Å²) in [4.78, 5) is 22.2. The number of hydrogen-bond donors (Lipinski definition) is 1. The first kappa shape index (κ1) is 20.0. The molecular weight excluding hydrogens is 428 g/mol. The van der Waals surface area contributed by atoms with Crippen molar-refractivity contribution >= 4 is 26.9 Å². The summed E-state index contributed by atoms with van der Waals surface area (Å²) < 4.78 is 27.0. The van der Waals surface area contributed by atoms with Crippen LogP contribution in [0.4, 0.5) is 5.82 Å². The van der Waals surface area contributed by atoms with Gasteiger partial charge < -0.3 is 9.88 Å². The highest BCUT2D eigenvalue weighted by molar-refractivity contribution is 7.89. The SMILES string of the molecule is N#Cc1c[nH]c2ncnc(-c3ccc(N4CCN(S(=O)(=O)c5cccnc5)CC4)nc3)c12. The molecule has 0 bridgehead atoms. The number of fused-ring (bicyclic) bond motifs is 1. The molecule has 1 aliphatic rings. The topological polar surface area (TPSA) is 132 Å². The van der Waals surface area contributed by atoms with Gasteiger partial charge in [-0.15, -0.1) is 0 Å². The number of pyridine rings is 2. The summed E-state index contributed by atoms with van der Waals surface area (Å²) in [6, 6.07) is 9.11. The summed E-state index contributed by atoms with van der Waals surface area (Å²) in [6.45, 7) is 1.78. The summed E-state index contributed by atoms with van der Waals surface area (Å²) in [6.07, 6.45) is 7.70. The van der Waals surface area contributed by atoms with Crippen molar-refractivity contribution in [1.29, 1.82) is 5.26 Å². The molecule has 1 N–H and O–H groups in total. The van der Waals surface area contributed by atoms with Gasteiger partial charge in [0.15, 0.2) is 0 Å². The van der Waals surface area contributed by atoms with Crippen molar-refractivity contribution in [1.82, 2.24) is 29.2 Å². The first-order valence-corrected chi connectivity index (χ1v) is 11.4. The third-order valence-electron chi connectivity index (χ3n) is 5.45. The van der Waals surface area contributed by atoms with Crippen LogP contribution in [0, 0.1) is 11.3 Å². The standard InChI is InChI=1S/C21H18N8O2S/c22-10-16-12-25-21-19(16)20(26-14-27-21)15-3-4-18(24-11-15)28-6-8-29(9-7-28)32(30,31)17-2-1-5-23-13-17/h1-5,11-14H,6-9H2,(H,25,26,27). The molecular formula is C21H18N8O2S.